The molecule has 1 amide bonds. The summed E-state index contributed by atoms with van der Waals surface area (Å²) in [5.74, 6) is -0.213. The number of halogens is 4. The third-order valence-electron chi connectivity index (χ3n) is 6.24. The number of thiophene rings is 1. The van der Waals surface area contributed by atoms with Gasteiger partial charge in [0.15, 0.2) is 0 Å². The highest BCUT2D eigenvalue weighted by Crippen LogP contribution is 2.30. The number of nitrogens with zero attached hydrogens (tertiary/aromatic N) is 4. The van der Waals surface area contributed by atoms with E-state index in [9.17, 15) is 26.4 Å². The van der Waals surface area contributed by atoms with Crippen molar-refractivity contribution in [2.75, 3.05) is 37.6 Å². The molecular formula is C22H25ClF3N5O3S2. The van der Waals surface area contributed by atoms with Gasteiger partial charge in [0.05, 0.1) is 4.34 Å². The molecule has 2 aromatic heterocycles. The minimum atomic E-state index is -4.54. The van der Waals surface area contributed by atoms with E-state index in [4.69, 9.17) is 11.6 Å². The van der Waals surface area contributed by atoms with Gasteiger partial charge in [-0.25, -0.2) is 23.1 Å². The van der Waals surface area contributed by atoms with E-state index >= 15 is 0 Å². The van der Waals surface area contributed by atoms with Gasteiger partial charge >= 0.3 is 6.18 Å². The fraction of sp³-hybridized carbons (Fsp3) is 0.500. The summed E-state index contributed by atoms with van der Waals surface area (Å²) in [5.41, 5.74) is -0.990. The van der Waals surface area contributed by atoms with Gasteiger partial charge in [-0.1, -0.05) is 11.6 Å². The molecule has 2 aromatic rings. The molecule has 2 aliphatic rings. The van der Waals surface area contributed by atoms with E-state index in [-0.39, 0.29) is 30.2 Å². The van der Waals surface area contributed by atoms with Crippen LogP contribution in [0.2, 0.25) is 4.34 Å². The van der Waals surface area contributed by atoms with Crippen molar-refractivity contribution in [3.63, 3.8) is 0 Å². The van der Waals surface area contributed by atoms with Crippen LogP contribution in [0.3, 0.4) is 0 Å². The SMILES string of the molecule is O=C(C1CCN(c2nccc(C(F)(F)F)n2)CC1)N1CC[C@H](CNS(=O)(=O)C=Cc2ccc(Cl)s2)C1. The summed E-state index contributed by atoms with van der Waals surface area (Å²) in [4.78, 5) is 24.7. The van der Waals surface area contributed by atoms with Crippen LogP contribution in [-0.2, 0) is 21.0 Å². The summed E-state index contributed by atoms with van der Waals surface area (Å²) in [7, 11) is -3.62. The summed E-state index contributed by atoms with van der Waals surface area (Å²) in [6.45, 7) is 2.01. The van der Waals surface area contributed by atoms with Crippen LogP contribution in [0.1, 0.15) is 29.8 Å². The average molecular weight is 564 g/mol. The molecule has 196 valence electrons. The number of rotatable bonds is 7. The molecule has 8 nitrogen and oxygen atoms in total. The number of sulfonamides is 1. The highest BCUT2D eigenvalue weighted by molar-refractivity contribution is 7.92. The highest BCUT2D eigenvalue weighted by Gasteiger charge is 2.35. The molecule has 1 N–H and O–H groups in total. The van der Waals surface area contributed by atoms with Crippen LogP contribution in [0.15, 0.2) is 29.8 Å². The summed E-state index contributed by atoms with van der Waals surface area (Å²) in [6.07, 6.45) is -0.293. The van der Waals surface area contributed by atoms with Crippen molar-refractivity contribution < 1.29 is 26.4 Å². The van der Waals surface area contributed by atoms with Crippen LogP contribution >= 0.6 is 22.9 Å². The molecule has 2 aliphatic heterocycles. The van der Waals surface area contributed by atoms with Gasteiger partial charge in [0.1, 0.15) is 5.69 Å². The smallest absolute Gasteiger partial charge is 0.342 e. The lowest BCUT2D eigenvalue weighted by Crippen LogP contribution is -2.42. The van der Waals surface area contributed by atoms with Crippen molar-refractivity contribution in [1.82, 2.24) is 19.6 Å². The Labute approximate surface area is 216 Å². The largest absolute Gasteiger partial charge is 0.433 e. The number of likely N-dealkylation sites (tertiary alicyclic amines) is 1. The van der Waals surface area contributed by atoms with Gasteiger partial charge in [-0.2, -0.15) is 13.2 Å². The van der Waals surface area contributed by atoms with Crippen molar-refractivity contribution in [1.29, 1.82) is 0 Å². The number of hydrogen-bond acceptors (Lipinski definition) is 7. The Kier molecular flexibility index (Phi) is 8.22. The van der Waals surface area contributed by atoms with Crippen LogP contribution in [0, 0.1) is 11.8 Å². The van der Waals surface area contributed by atoms with Gasteiger partial charge in [-0.05, 0) is 49.5 Å². The Hall–Kier alpha value is -2.22. The second-order valence-corrected chi connectivity index (χ2v) is 12.2. The molecule has 0 aromatic carbocycles. The molecule has 0 aliphatic carbocycles. The number of carbonyl (C=O) groups is 1. The number of piperidine rings is 1. The van der Waals surface area contributed by atoms with Crippen LogP contribution in [0.4, 0.5) is 19.1 Å². The summed E-state index contributed by atoms with van der Waals surface area (Å²) < 4.78 is 66.5. The maximum absolute atomic E-state index is 13.0. The zero-order valence-electron chi connectivity index (χ0n) is 19.1. The van der Waals surface area contributed by atoms with Crippen LogP contribution in [0.5, 0.6) is 0 Å². The Bertz CT molecular complexity index is 1210. The van der Waals surface area contributed by atoms with Gasteiger partial charge in [-0.15, -0.1) is 11.3 Å². The lowest BCUT2D eigenvalue weighted by Gasteiger charge is -2.33. The van der Waals surface area contributed by atoms with Crippen LogP contribution < -0.4 is 9.62 Å². The fourth-order valence-electron chi connectivity index (χ4n) is 4.30. The molecule has 36 heavy (non-hydrogen) atoms. The maximum Gasteiger partial charge on any atom is 0.433 e. The van der Waals surface area contributed by atoms with E-state index < -0.39 is 21.9 Å². The molecule has 14 heteroatoms. The van der Waals surface area contributed by atoms with Gasteiger partial charge in [0, 0.05) is 55.1 Å². The summed E-state index contributed by atoms with van der Waals surface area (Å²) >= 11 is 7.13. The van der Waals surface area contributed by atoms with Crippen molar-refractivity contribution in [2.45, 2.75) is 25.4 Å². The second kappa shape index (κ2) is 11.0. The fourth-order valence-corrected chi connectivity index (χ4v) is 6.24. The van der Waals surface area contributed by atoms with Crippen LogP contribution in [0.25, 0.3) is 6.08 Å². The molecule has 2 fully saturated rings. The normalized spacial score (nSPS) is 19.9. The van der Waals surface area contributed by atoms with Gasteiger partial charge in [0.25, 0.3) is 0 Å². The van der Waals surface area contributed by atoms with Gasteiger partial charge in [-0.3, -0.25) is 4.79 Å². The van der Waals surface area contributed by atoms with E-state index in [1.807, 2.05) is 0 Å². The lowest BCUT2D eigenvalue weighted by atomic mass is 9.95. The molecule has 0 spiro atoms. The van der Waals surface area contributed by atoms with Crippen molar-refractivity contribution in [2.24, 2.45) is 11.8 Å². The number of nitrogens with one attached hydrogen (secondary N) is 1. The first kappa shape index (κ1) is 26.8. The van der Waals surface area contributed by atoms with E-state index in [1.165, 1.54) is 17.4 Å². The number of amides is 1. The molecule has 2 saturated heterocycles. The lowest BCUT2D eigenvalue weighted by molar-refractivity contribution is -0.141. The van der Waals surface area contributed by atoms with E-state index in [2.05, 4.69) is 14.7 Å². The standard InChI is InChI=1S/C22H25ClF3N5O3S2/c23-19-2-1-17(35-19)7-12-36(33,34)28-13-15-4-9-31(14-15)20(32)16-5-10-30(11-6-16)21-27-8-3-18(29-21)22(24,25)26/h1-3,7-8,12,15-16,28H,4-6,9-11,13-14H2/t15-/m1/s1. The monoisotopic (exact) mass is 563 g/mol. The zero-order chi connectivity index (χ0) is 25.9. The molecule has 4 heterocycles. The quantitative estimate of drug-likeness (QED) is 0.549. The number of aromatic nitrogens is 2. The highest BCUT2D eigenvalue weighted by atomic mass is 35.5. The predicted octanol–water partition coefficient (Wildman–Crippen LogP) is 3.87. The second-order valence-electron chi connectivity index (χ2n) is 8.78. The number of carbonyl (C=O) groups excluding carboxylic acids is 1. The molecule has 0 radical (unpaired) electrons. The Morgan fingerprint density at radius 1 is 1.19 bits per heavy atom. The van der Waals surface area contributed by atoms with Crippen molar-refractivity contribution in [3.05, 3.63) is 44.7 Å². The summed E-state index contributed by atoms with van der Waals surface area (Å²) in [5, 5.41) is 1.11. The Morgan fingerprint density at radius 2 is 1.94 bits per heavy atom. The van der Waals surface area contributed by atoms with Crippen molar-refractivity contribution >= 4 is 50.9 Å². The molecular weight excluding hydrogens is 539 g/mol. The van der Waals surface area contributed by atoms with E-state index in [0.29, 0.717) is 49.8 Å². The zero-order valence-corrected chi connectivity index (χ0v) is 21.5. The maximum atomic E-state index is 13.0. The third kappa shape index (κ3) is 6.96. The first-order chi connectivity index (χ1) is 17.0. The minimum absolute atomic E-state index is 0.000521. The summed E-state index contributed by atoms with van der Waals surface area (Å²) in [6, 6.07) is 4.26. The first-order valence-electron chi connectivity index (χ1n) is 11.4. The van der Waals surface area contributed by atoms with Crippen molar-refractivity contribution in [3.8, 4) is 0 Å². The molecule has 0 saturated carbocycles. The number of hydrogen-bond donors (Lipinski definition) is 1. The van der Waals surface area contributed by atoms with Crippen LogP contribution in [-0.4, -0.2) is 61.9 Å². The Balaban J connectivity index is 1.24. The third-order valence-corrected chi connectivity index (χ3v) is 8.50. The average Bonchev–Trinajstić information content (AvgIpc) is 3.50. The Morgan fingerprint density at radius 3 is 2.61 bits per heavy atom. The van der Waals surface area contributed by atoms with E-state index in [1.54, 1.807) is 21.9 Å². The van der Waals surface area contributed by atoms with Gasteiger partial charge < -0.3 is 9.80 Å². The molecule has 1 atom stereocenters. The molecule has 0 unspecified atom stereocenters. The molecule has 0 bridgehead atoms. The van der Waals surface area contributed by atoms with Gasteiger partial charge in [0.2, 0.25) is 21.9 Å². The first-order valence-corrected chi connectivity index (χ1v) is 14.1. The predicted molar refractivity (Wildman–Crippen MR) is 132 cm³/mol. The van der Waals surface area contributed by atoms with E-state index in [0.717, 1.165) is 22.5 Å². The minimum Gasteiger partial charge on any atom is -0.342 e. The number of anilines is 1. The number of alkyl halides is 3. The molecule has 4 rings (SSSR count). The topological polar surface area (TPSA) is 95.5 Å².